The van der Waals surface area contributed by atoms with Crippen LogP contribution in [0.2, 0.25) is 5.02 Å². The van der Waals surface area contributed by atoms with Gasteiger partial charge in [0, 0.05) is 10.0 Å². The van der Waals surface area contributed by atoms with E-state index >= 15 is 0 Å². The van der Waals surface area contributed by atoms with Crippen molar-refractivity contribution in [2.75, 3.05) is 7.11 Å². The zero-order chi connectivity index (χ0) is 14.0. The fourth-order valence-corrected chi connectivity index (χ4v) is 2.10. The van der Waals surface area contributed by atoms with Crippen LogP contribution >= 0.6 is 27.5 Å². The van der Waals surface area contributed by atoms with Gasteiger partial charge in [-0.1, -0.05) is 23.7 Å². The number of ketones is 1. The van der Waals surface area contributed by atoms with E-state index in [9.17, 15) is 9.18 Å². The van der Waals surface area contributed by atoms with Crippen LogP contribution in [0, 0.1) is 5.82 Å². The molecule has 2 aromatic carbocycles. The zero-order valence-corrected chi connectivity index (χ0v) is 12.3. The predicted octanol–water partition coefficient (Wildman–Crippen LogP) is 4.48. The van der Waals surface area contributed by atoms with Crippen molar-refractivity contribution >= 4 is 33.3 Å². The van der Waals surface area contributed by atoms with Gasteiger partial charge in [0.2, 0.25) is 0 Å². The monoisotopic (exact) mass is 342 g/mol. The van der Waals surface area contributed by atoms with Crippen LogP contribution in [0.3, 0.4) is 0 Å². The lowest BCUT2D eigenvalue weighted by Gasteiger charge is -2.06. The number of hydrogen-bond donors (Lipinski definition) is 0. The zero-order valence-electron chi connectivity index (χ0n) is 9.91. The van der Waals surface area contributed by atoms with Gasteiger partial charge in [0.25, 0.3) is 0 Å². The molecule has 2 nitrogen and oxygen atoms in total. The summed E-state index contributed by atoms with van der Waals surface area (Å²) in [5, 5.41) is 0.285. The van der Waals surface area contributed by atoms with Crippen molar-refractivity contribution in [2.24, 2.45) is 0 Å². The van der Waals surface area contributed by atoms with E-state index in [1.54, 1.807) is 24.3 Å². The largest absolute Gasteiger partial charge is 0.497 e. The summed E-state index contributed by atoms with van der Waals surface area (Å²) in [7, 11) is 1.50. The Morgan fingerprint density at radius 2 is 2.05 bits per heavy atom. The maximum atomic E-state index is 13.8. The smallest absolute Gasteiger partial charge is 0.196 e. The van der Waals surface area contributed by atoms with Crippen molar-refractivity contribution < 1.29 is 13.9 Å². The molecule has 2 aromatic rings. The summed E-state index contributed by atoms with van der Waals surface area (Å²) < 4.78 is 19.3. The van der Waals surface area contributed by atoms with Crippen LogP contribution in [-0.2, 0) is 0 Å². The summed E-state index contributed by atoms with van der Waals surface area (Å²) in [6, 6.07) is 9.02. The summed E-state index contributed by atoms with van der Waals surface area (Å²) in [5.74, 6) is -0.524. The lowest BCUT2D eigenvalue weighted by Crippen LogP contribution is -2.04. The normalized spacial score (nSPS) is 10.3. The Morgan fingerprint density at radius 3 is 2.74 bits per heavy atom. The second-order valence-corrected chi connectivity index (χ2v) is 5.07. The van der Waals surface area contributed by atoms with E-state index in [0.29, 0.717) is 15.8 Å². The summed E-state index contributed by atoms with van der Waals surface area (Å²) in [5.41, 5.74) is 0.276. The van der Waals surface area contributed by atoms with Crippen molar-refractivity contribution in [3.63, 3.8) is 0 Å². The van der Waals surface area contributed by atoms with Crippen molar-refractivity contribution in [1.82, 2.24) is 0 Å². The minimum atomic E-state index is -0.621. The molecule has 0 amide bonds. The predicted molar refractivity (Wildman–Crippen MR) is 75.5 cm³/mol. The molecule has 0 spiro atoms. The molecule has 0 unspecified atom stereocenters. The topological polar surface area (TPSA) is 26.3 Å². The SMILES string of the molecule is COc1cccc(C(=O)c2cc(Cl)c(Br)cc2F)c1. The standard InChI is InChI=1S/C14H9BrClFO2/c1-19-9-4-2-3-8(5-9)14(18)10-6-12(16)11(15)7-13(10)17/h2-7H,1H3. The minimum Gasteiger partial charge on any atom is -0.497 e. The number of rotatable bonds is 3. The lowest BCUT2D eigenvalue weighted by molar-refractivity contribution is 0.103. The van der Waals surface area contributed by atoms with E-state index in [1.807, 2.05) is 0 Å². The summed E-state index contributed by atoms with van der Waals surface area (Å²) in [6.45, 7) is 0. The second-order valence-electron chi connectivity index (χ2n) is 3.81. The van der Waals surface area contributed by atoms with Gasteiger partial charge in [-0.25, -0.2) is 4.39 Å². The second kappa shape index (κ2) is 5.72. The van der Waals surface area contributed by atoms with Crippen molar-refractivity contribution in [3.05, 3.63) is 62.8 Å². The quantitative estimate of drug-likeness (QED) is 0.606. The van der Waals surface area contributed by atoms with E-state index in [2.05, 4.69) is 15.9 Å². The van der Waals surface area contributed by atoms with Gasteiger partial charge in [0.1, 0.15) is 11.6 Å². The Hall–Kier alpha value is -1.39. The highest BCUT2D eigenvalue weighted by Gasteiger charge is 2.16. The first-order valence-corrected chi connectivity index (χ1v) is 6.53. The molecule has 98 valence electrons. The Bertz CT molecular complexity index is 643. The van der Waals surface area contributed by atoms with E-state index < -0.39 is 11.6 Å². The first-order valence-electron chi connectivity index (χ1n) is 5.36. The number of halogens is 3. The van der Waals surface area contributed by atoms with E-state index in [-0.39, 0.29) is 10.6 Å². The van der Waals surface area contributed by atoms with Gasteiger partial charge >= 0.3 is 0 Å². The third-order valence-corrected chi connectivity index (χ3v) is 3.78. The molecule has 0 aliphatic rings. The van der Waals surface area contributed by atoms with Crippen molar-refractivity contribution in [3.8, 4) is 5.75 Å². The number of benzene rings is 2. The number of methoxy groups -OCH3 is 1. The Labute approximate surface area is 123 Å². The van der Waals surface area contributed by atoms with Gasteiger partial charge < -0.3 is 4.74 Å². The molecule has 0 N–H and O–H groups in total. The number of ether oxygens (including phenoxy) is 1. The Kier molecular flexibility index (Phi) is 4.22. The fraction of sp³-hybridized carbons (Fsp3) is 0.0714. The van der Waals surface area contributed by atoms with Crippen LogP contribution in [-0.4, -0.2) is 12.9 Å². The Morgan fingerprint density at radius 1 is 1.32 bits per heavy atom. The first-order chi connectivity index (χ1) is 9.02. The third kappa shape index (κ3) is 2.96. The highest BCUT2D eigenvalue weighted by atomic mass is 79.9. The summed E-state index contributed by atoms with van der Waals surface area (Å²) >= 11 is 8.99. The number of carbonyl (C=O) groups is 1. The highest BCUT2D eigenvalue weighted by Crippen LogP contribution is 2.27. The molecule has 0 radical (unpaired) electrons. The first kappa shape index (κ1) is 14.0. The summed E-state index contributed by atoms with van der Waals surface area (Å²) in [4.78, 5) is 12.2. The average molecular weight is 344 g/mol. The molecule has 0 bridgehead atoms. The summed E-state index contributed by atoms with van der Waals surface area (Å²) in [6.07, 6.45) is 0. The van der Waals surface area contributed by atoms with Crippen LogP contribution < -0.4 is 4.74 Å². The maximum absolute atomic E-state index is 13.8. The molecule has 0 aliphatic carbocycles. The van der Waals surface area contributed by atoms with Gasteiger partial charge in [0.05, 0.1) is 17.7 Å². The van der Waals surface area contributed by atoms with E-state index in [1.165, 1.54) is 19.2 Å². The van der Waals surface area contributed by atoms with Gasteiger partial charge in [-0.2, -0.15) is 0 Å². The molecule has 0 fully saturated rings. The van der Waals surface area contributed by atoms with Gasteiger partial charge in [-0.15, -0.1) is 0 Å². The van der Waals surface area contributed by atoms with Crippen LogP contribution in [0.5, 0.6) is 5.75 Å². The van der Waals surface area contributed by atoms with Crippen molar-refractivity contribution in [1.29, 1.82) is 0 Å². The molecule has 5 heteroatoms. The molecule has 0 aliphatic heterocycles. The lowest BCUT2D eigenvalue weighted by atomic mass is 10.0. The molecule has 0 heterocycles. The van der Waals surface area contributed by atoms with Crippen LogP contribution in [0.15, 0.2) is 40.9 Å². The number of hydrogen-bond acceptors (Lipinski definition) is 2. The molecule has 0 atom stereocenters. The molecule has 19 heavy (non-hydrogen) atoms. The molecule has 0 saturated carbocycles. The van der Waals surface area contributed by atoms with Gasteiger partial charge in [-0.3, -0.25) is 4.79 Å². The molecular formula is C14H9BrClFO2. The molecule has 2 rings (SSSR count). The van der Waals surface area contributed by atoms with E-state index in [4.69, 9.17) is 16.3 Å². The van der Waals surface area contributed by atoms with Crippen LogP contribution in [0.4, 0.5) is 4.39 Å². The fourth-order valence-electron chi connectivity index (χ4n) is 1.62. The van der Waals surface area contributed by atoms with Gasteiger partial charge in [0.15, 0.2) is 5.78 Å². The average Bonchev–Trinajstić information content (AvgIpc) is 2.42. The molecule has 0 aromatic heterocycles. The Balaban J connectivity index is 2.46. The third-order valence-electron chi connectivity index (χ3n) is 2.59. The highest BCUT2D eigenvalue weighted by molar-refractivity contribution is 9.10. The van der Waals surface area contributed by atoms with Gasteiger partial charge in [-0.05, 0) is 40.2 Å². The van der Waals surface area contributed by atoms with Crippen molar-refractivity contribution in [2.45, 2.75) is 0 Å². The molecule has 0 saturated heterocycles. The maximum Gasteiger partial charge on any atom is 0.196 e. The van der Waals surface area contributed by atoms with E-state index in [0.717, 1.165) is 0 Å². The minimum absolute atomic E-state index is 0.0681. The molecular weight excluding hydrogens is 335 g/mol. The number of carbonyl (C=O) groups excluding carboxylic acids is 1. The van der Waals surface area contributed by atoms with Crippen LogP contribution in [0.1, 0.15) is 15.9 Å². The van der Waals surface area contributed by atoms with Crippen LogP contribution in [0.25, 0.3) is 0 Å².